The molecule has 0 amide bonds. The zero-order valence-electron chi connectivity index (χ0n) is 10.1. The summed E-state index contributed by atoms with van der Waals surface area (Å²) in [5, 5.41) is 14.1. The van der Waals surface area contributed by atoms with Gasteiger partial charge in [-0.2, -0.15) is 0 Å². The number of para-hydroxylation sites is 1. The van der Waals surface area contributed by atoms with Gasteiger partial charge in [0.05, 0.1) is 4.92 Å². The summed E-state index contributed by atoms with van der Waals surface area (Å²) in [6.07, 6.45) is 2.68. The molecule has 17 heavy (non-hydrogen) atoms. The Labute approximate surface area is 101 Å². The van der Waals surface area contributed by atoms with Crippen molar-refractivity contribution in [3.63, 3.8) is 0 Å². The normalized spacial score (nSPS) is 16.8. The van der Waals surface area contributed by atoms with Gasteiger partial charge in [0.2, 0.25) is 0 Å². The van der Waals surface area contributed by atoms with E-state index in [-0.39, 0.29) is 10.6 Å². The largest absolute Gasteiger partial charge is 0.312 e. The monoisotopic (exact) mass is 234 g/mol. The molecular weight excluding hydrogens is 216 g/mol. The molecule has 92 valence electrons. The lowest BCUT2D eigenvalue weighted by Crippen LogP contribution is -2.22. The molecule has 0 aliphatic heterocycles. The molecule has 1 aromatic carbocycles. The van der Waals surface area contributed by atoms with E-state index in [9.17, 15) is 10.1 Å². The highest BCUT2D eigenvalue weighted by Gasteiger charge is 2.27. The lowest BCUT2D eigenvalue weighted by Gasteiger charge is -2.11. The van der Waals surface area contributed by atoms with Gasteiger partial charge in [0.25, 0.3) is 5.69 Å². The molecule has 0 aromatic heterocycles. The molecule has 1 unspecified atom stereocenters. The number of benzene rings is 1. The van der Waals surface area contributed by atoms with Crippen molar-refractivity contribution in [2.45, 2.75) is 26.3 Å². The summed E-state index contributed by atoms with van der Waals surface area (Å²) in [4.78, 5) is 10.5. The Bertz CT molecular complexity index is 402. The van der Waals surface area contributed by atoms with Crippen molar-refractivity contribution in [3.8, 4) is 0 Å². The van der Waals surface area contributed by atoms with Gasteiger partial charge >= 0.3 is 0 Å². The van der Waals surface area contributed by atoms with E-state index in [4.69, 9.17) is 0 Å². The Morgan fingerprint density at radius 1 is 1.47 bits per heavy atom. The third-order valence-electron chi connectivity index (χ3n) is 3.40. The van der Waals surface area contributed by atoms with Crippen LogP contribution in [0.3, 0.4) is 0 Å². The van der Waals surface area contributed by atoms with Crippen LogP contribution in [0.2, 0.25) is 0 Å². The van der Waals surface area contributed by atoms with E-state index >= 15 is 0 Å². The average Bonchev–Trinajstić information content (AvgIpc) is 3.13. The van der Waals surface area contributed by atoms with Crippen molar-refractivity contribution in [2.24, 2.45) is 11.8 Å². The summed E-state index contributed by atoms with van der Waals surface area (Å²) >= 11 is 0. The zero-order chi connectivity index (χ0) is 12.3. The maximum Gasteiger partial charge on any atom is 0.273 e. The van der Waals surface area contributed by atoms with Gasteiger partial charge in [-0.1, -0.05) is 25.1 Å². The summed E-state index contributed by atoms with van der Waals surface area (Å²) in [7, 11) is 0. The van der Waals surface area contributed by atoms with Crippen molar-refractivity contribution in [3.05, 3.63) is 39.9 Å². The van der Waals surface area contributed by atoms with Crippen LogP contribution in [0, 0.1) is 22.0 Å². The van der Waals surface area contributed by atoms with Gasteiger partial charge in [-0.05, 0) is 31.2 Å². The molecule has 1 fully saturated rings. The second-order valence-corrected chi connectivity index (χ2v) is 4.83. The fourth-order valence-electron chi connectivity index (χ4n) is 2.10. The first-order valence-electron chi connectivity index (χ1n) is 6.11. The van der Waals surface area contributed by atoms with Gasteiger partial charge in [0.15, 0.2) is 0 Å². The highest BCUT2D eigenvalue weighted by molar-refractivity contribution is 5.39. The molecule has 0 heterocycles. The molecule has 1 saturated carbocycles. The molecule has 0 bridgehead atoms. The third-order valence-corrected chi connectivity index (χ3v) is 3.40. The zero-order valence-corrected chi connectivity index (χ0v) is 10.1. The van der Waals surface area contributed by atoms with Crippen LogP contribution in [-0.4, -0.2) is 11.5 Å². The summed E-state index contributed by atoms with van der Waals surface area (Å²) in [6, 6.07) is 6.91. The van der Waals surface area contributed by atoms with E-state index in [1.54, 1.807) is 12.1 Å². The molecule has 0 radical (unpaired) electrons. The molecule has 0 spiro atoms. The molecule has 1 N–H and O–H groups in total. The quantitative estimate of drug-likeness (QED) is 0.608. The average molecular weight is 234 g/mol. The first kappa shape index (κ1) is 12.0. The van der Waals surface area contributed by atoms with Gasteiger partial charge in [0, 0.05) is 18.2 Å². The number of hydrogen-bond acceptors (Lipinski definition) is 3. The molecule has 1 aromatic rings. The molecule has 0 saturated heterocycles. The number of nitro benzene ring substituents is 1. The standard InChI is InChI=1S/C13H18N2O2/c1-10(11-6-7-11)8-14-9-12-4-2-3-5-13(12)15(16)17/h2-5,10-11,14H,6-9H2,1H3. The smallest absolute Gasteiger partial charge is 0.273 e. The Morgan fingerprint density at radius 2 is 2.18 bits per heavy atom. The van der Waals surface area contributed by atoms with Gasteiger partial charge < -0.3 is 5.32 Å². The van der Waals surface area contributed by atoms with E-state index in [0.29, 0.717) is 12.5 Å². The Balaban J connectivity index is 1.87. The van der Waals surface area contributed by atoms with E-state index in [0.717, 1.165) is 18.0 Å². The Morgan fingerprint density at radius 3 is 2.82 bits per heavy atom. The molecule has 1 atom stereocenters. The van der Waals surface area contributed by atoms with Gasteiger partial charge in [-0.3, -0.25) is 10.1 Å². The van der Waals surface area contributed by atoms with Crippen molar-refractivity contribution in [1.29, 1.82) is 0 Å². The number of rotatable bonds is 6. The van der Waals surface area contributed by atoms with Crippen LogP contribution < -0.4 is 5.32 Å². The third kappa shape index (κ3) is 3.27. The summed E-state index contributed by atoms with van der Waals surface area (Å²) in [5.41, 5.74) is 0.972. The maximum atomic E-state index is 10.8. The Hall–Kier alpha value is -1.42. The first-order valence-corrected chi connectivity index (χ1v) is 6.11. The van der Waals surface area contributed by atoms with Crippen molar-refractivity contribution in [1.82, 2.24) is 5.32 Å². The van der Waals surface area contributed by atoms with E-state index in [2.05, 4.69) is 12.2 Å². The second kappa shape index (κ2) is 5.27. The van der Waals surface area contributed by atoms with Gasteiger partial charge in [-0.15, -0.1) is 0 Å². The minimum Gasteiger partial charge on any atom is -0.312 e. The van der Waals surface area contributed by atoms with Crippen molar-refractivity contribution < 1.29 is 4.92 Å². The lowest BCUT2D eigenvalue weighted by atomic mass is 10.1. The van der Waals surface area contributed by atoms with Crippen molar-refractivity contribution >= 4 is 5.69 Å². The van der Waals surface area contributed by atoms with E-state index in [1.165, 1.54) is 12.8 Å². The minimum absolute atomic E-state index is 0.207. The van der Waals surface area contributed by atoms with Gasteiger partial charge in [0.1, 0.15) is 0 Å². The van der Waals surface area contributed by atoms with Crippen molar-refractivity contribution in [2.75, 3.05) is 6.54 Å². The SMILES string of the molecule is CC(CNCc1ccccc1[N+](=O)[O-])C1CC1. The Kier molecular flexibility index (Phi) is 3.74. The molecular formula is C13H18N2O2. The van der Waals surface area contributed by atoms with Crippen LogP contribution in [-0.2, 0) is 6.54 Å². The van der Waals surface area contributed by atoms with Crippen LogP contribution in [0.25, 0.3) is 0 Å². The topological polar surface area (TPSA) is 55.2 Å². The lowest BCUT2D eigenvalue weighted by molar-refractivity contribution is -0.385. The fourth-order valence-corrected chi connectivity index (χ4v) is 2.10. The summed E-state index contributed by atoms with van der Waals surface area (Å²) < 4.78 is 0. The van der Waals surface area contributed by atoms with E-state index < -0.39 is 0 Å². The number of hydrogen-bond donors (Lipinski definition) is 1. The highest BCUT2D eigenvalue weighted by Crippen LogP contribution is 2.36. The molecule has 1 aliphatic rings. The predicted octanol–water partition coefficient (Wildman–Crippen LogP) is 2.73. The molecule has 4 heteroatoms. The predicted molar refractivity (Wildman–Crippen MR) is 66.7 cm³/mol. The van der Waals surface area contributed by atoms with Gasteiger partial charge in [-0.25, -0.2) is 0 Å². The second-order valence-electron chi connectivity index (χ2n) is 4.83. The summed E-state index contributed by atoms with van der Waals surface area (Å²) in [6.45, 7) is 3.76. The van der Waals surface area contributed by atoms with Crippen LogP contribution in [0.4, 0.5) is 5.69 Å². The number of nitrogens with one attached hydrogen (secondary N) is 1. The van der Waals surface area contributed by atoms with Crippen LogP contribution >= 0.6 is 0 Å². The first-order chi connectivity index (χ1) is 8.18. The number of nitrogens with zero attached hydrogens (tertiary/aromatic N) is 1. The van der Waals surface area contributed by atoms with Crippen LogP contribution in [0.15, 0.2) is 24.3 Å². The molecule has 4 nitrogen and oxygen atoms in total. The molecule has 2 rings (SSSR count). The number of nitro groups is 1. The minimum atomic E-state index is -0.318. The molecule has 1 aliphatic carbocycles. The van der Waals surface area contributed by atoms with Crippen LogP contribution in [0.1, 0.15) is 25.3 Å². The van der Waals surface area contributed by atoms with E-state index in [1.807, 2.05) is 12.1 Å². The summed E-state index contributed by atoms with van der Waals surface area (Å²) in [5.74, 6) is 1.55. The van der Waals surface area contributed by atoms with Crippen LogP contribution in [0.5, 0.6) is 0 Å². The fraction of sp³-hybridized carbons (Fsp3) is 0.538. The highest BCUT2D eigenvalue weighted by atomic mass is 16.6. The maximum absolute atomic E-state index is 10.8.